The minimum Gasteiger partial charge on any atom is -0.267 e. The molecule has 11 heteroatoms. The Bertz CT molecular complexity index is 1540. The SMILES string of the molecule is CC1C/C(=C\c2ccc(Cl)cc2)C2=NN(C(=O)c3ccc([N+](=O)[O-])cc3[N+](=O)[O-])C(c3ccc(Cl)cc3)C2C1. The number of hydrogen-bond acceptors (Lipinski definition) is 6. The van der Waals surface area contributed by atoms with Crippen molar-refractivity contribution in [3.8, 4) is 0 Å². The lowest BCUT2D eigenvalue weighted by Gasteiger charge is -2.32. The Morgan fingerprint density at radius 1 is 0.974 bits per heavy atom. The van der Waals surface area contributed by atoms with Gasteiger partial charge in [0.15, 0.2) is 0 Å². The van der Waals surface area contributed by atoms with Crippen LogP contribution in [0.3, 0.4) is 0 Å². The van der Waals surface area contributed by atoms with E-state index in [9.17, 15) is 25.0 Å². The molecule has 3 atom stereocenters. The number of amides is 1. The summed E-state index contributed by atoms with van der Waals surface area (Å²) in [5.74, 6) is -0.600. The fraction of sp³-hybridized carbons (Fsp3) is 0.214. The van der Waals surface area contributed by atoms with Crippen molar-refractivity contribution in [1.82, 2.24) is 5.01 Å². The molecule has 1 fully saturated rings. The van der Waals surface area contributed by atoms with Crippen LogP contribution < -0.4 is 0 Å². The fourth-order valence-electron chi connectivity index (χ4n) is 5.30. The molecule has 0 radical (unpaired) electrons. The molecule has 0 saturated heterocycles. The molecule has 1 saturated carbocycles. The van der Waals surface area contributed by atoms with Crippen molar-refractivity contribution in [3.63, 3.8) is 0 Å². The molecule has 3 unspecified atom stereocenters. The predicted octanol–water partition coefficient (Wildman–Crippen LogP) is 7.49. The van der Waals surface area contributed by atoms with E-state index in [1.165, 1.54) is 5.01 Å². The van der Waals surface area contributed by atoms with Gasteiger partial charge in [-0.15, -0.1) is 0 Å². The van der Waals surface area contributed by atoms with Gasteiger partial charge in [0.05, 0.1) is 27.7 Å². The van der Waals surface area contributed by atoms with Crippen molar-refractivity contribution in [2.45, 2.75) is 25.8 Å². The summed E-state index contributed by atoms with van der Waals surface area (Å²) in [5, 5.41) is 30.2. The molecule has 39 heavy (non-hydrogen) atoms. The average molecular weight is 565 g/mol. The van der Waals surface area contributed by atoms with Gasteiger partial charge in [0.1, 0.15) is 5.56 Å². The molecule has 2 aliphatic rings. The lowest BCUT2D eigenvalue weighted by atomic mass is 9.73. The van der Waals surface area contributed by atoms with Gasteiger partial charge in [0, 0.05) is 22.0 Å². The third-order valence-electron chi connectivity index (χ3n) is 7.01. The maximum Gasteiger partial charge on any atom is 0.289 e. The first kappa shape index (κ1) is 26.5. The highest BCUT2D eigenvalue weighted by atomic mass is 35.5. The highest BCUT2D eigenvalue weighted by Crippen LogP contribution is 2.47. The number of carbonyl (C=O) groups excluding carboxylic acids is 1. The molecule has 3 aromatic carbocycles. The first-order chi connectivity index (χ1) is 18.6. The Balaban J connectivity index is 1.64. The van der Waals surface area contributed by atoms with Gasteiger partial charge in [0.2, 0.25) is 0 Å². The standard InChI is InChI=1S/C28H22Cl2N4O5/c1-16-12-19(14-17-2-6-20(29)7-3-17)26-24(13-16)27(18-4-8-21(30)9-5-18)32(31-26)28(35)23-11-10-22(33(36)37)15-25(23)34(38)39/h2-11,14-16,24,27H,12-13H2,1H3/b19-14+. The number of fused-ring (bicyclic) bond motifs is 1. The lowest BCUT2D eigenvalue weighted by Crippen LogP contribution is -2.33. The van der Waals surface area contributed by atoms with Gasteiger partial charge < -0.3 is 0 Å². The first-order valence-electron chi connectivity index (χ1n) is 12.2. The molecule has 0 aromatic heterocycles. The van der Waals surface area contributed by atoms with Crippen molar-refractivity contribution in [2.24, 2.45) is 16.9 Å². The van der Waals surface area contributed by atoms with E-state index >= 15 is 0 Å². The number of carbonyl (C=O) groups is 1. The first-order valence-corrected chi connectivity index (χ1v) is 12.9. The fourth-order valence-corrected chi connectivity index (χ4v) is 5.55. The van der Waals surface area contributed by atoms with E-state index in [-0.39, 0.29) is 17.4 Å². The van der Waals surface area contributed by atoms with Crippen molar-refractivity contribution < 1.29 is 14.6 Å². The minimum atomic E-state index is -0.790. The molecule has 1 aliphatic carbocycles. The number of non-ortho nitro benzene ring substituents is 1. The van der Waals surface area contributed by atoms with Gasteiger partial charge in [-0.2, -0.15) is 5.10 Å². The second-order valence-electron chi connectivity index (χ2n) is 9.72. The second-order valence-corrected chi connectivity index (χ2v) is 10.6. The van der Waals surface area contributed by atoms with Crippen molar-refractivity contribution in [1.29, 1.82) is 0 Å². The topological polar surface area (TPSA) is 119 Å². The molecule has 1 amide bonds. The molecule has 9 nitrogen and oxygen atoms in total. The van der Waals surface area contributed by atoms with Crippen LogP contribution in [0.4, 0.5) is 11.4 Å². The van der Waals surface area contributed by atoms with Crippen LogP contribution >= 0.6 is 23.2 Å². The van der Waals surface area contributed by atoms with Gasteiger partial charge in [-0.25, -0.2) is 5.01 Å². The number of halogens is 2. The molecular weight excluding hydrogens is 543 g/mol. The van der Waals surface area contributed by atoms with E-state index in [1.54, 1.807) is 24.3 Å². The monoisotopic (exact) mass is 564 g/mol. The normalized spacial score (nSPS) is 21.4. The summed E-state index contributed by atoms with van der Waals surface area (Å²) >= 11 is 12.2. The maximum atomic E-state index is 13.9. The Hall–Kier alpha value is -4.08. The Morgan fingerprint density at radius 2 is 1.62 bits per heavy atom. The van der Waals surface area contributed by atoms with E-state index < -0.39 is 33.2 Å². The van der Waals surface area contributed by atoms with E-state index in [4.69, 9.17) is 28.3 Å². The Labute approximate surface area is 233 Å². The van der Waals surface area contributed by atoms with Crippen LogP contribution in [0.1, 0.15) is 47.3 Å². The number of benzene rings is 3. The van der Waals surface area contributed by atoms with Crippen molar-refractivity contribution in [3.05, 3.63) is 119 Å². The number of nitro benzene ring substituents is 2. The Morgan fingerprint density at radius 3 is 2.23 bits per heavy atom. The predicted molar refractivity (Wildman–Crippen MR) is 149 cm³/mol. The largest absolute Gasteiger partial charge is 0.289 e. The van der Waals surface area contributed by atoms with Crippen molar-refractivity contribution in [2.75, 3.05) is 0 Å². The van der Waals surface area contributed by atoms with Gasteiger partial charge >= 0.3 is 0 Å². The molecule has 0 bridgehead atoms. The van der Waals surface area contributed by atoms with Crippen LogP contribution in [0, 0.1) is 32.1 Å². The summed E-state index contributed by atoms with van der Waals surface area (Å²) in [4.78, 5) is 35.4. The molecule has 0 spiro atoms. The molecule has 3 aromatic rings. The minimum absolute atomic E-state index is 0.172. The maximum absolute atomic E-state index is 13.9. The molecule has 1 heterocycles. The number of hydrazone groups is 1. The zero-order chi connectivity index (χ0) is 27.8. The van der Waals surface area contributed by atoms with E-state index in [0.717, 1.165) is 53.5 Å². The smallest absolute Gasteiger partial charge is 0.267 e. The lowest BCUT2D eigenvalue weighted by molar-refractivity contribution is -0.394. The molecule has 198 valence electrons. The third kappa shape index (κ3) is 5.28. The number of rotatable bonds is 5. The van der Waals surface area contributed by atoms with E-state index in [2.05, 4.69) is 6.92 Å². The summed E-state index contributed by atoms with van der Waals surface area (Å²) in [6.45, 7) is 2.14. The number of nitro groups is 2. The van der Waals surface area contributed by atoms with Crippen LogP contribution in [-0.4, -0.2) is 26.5 Å². The van der Waals surface area contributed by atoms with E-state index in [1.807, 2.05) is 30.3 Å². The average Bonchev–Trinajstić information content (AvgIpc) is 3.29. The van der Waals surface area contributed by atoms with Crippen LogP contribution in [0.15, 0.2) is 77.4 Å². The summed E-state index contributed by atoms with van der Waals surface area (Å²) in [6.07, 6.45) is 3.51. The zero-order valence-corrected chi connectivity index (χ0v) is 22.2. The van der Waals surface area contributed by atoms with Crippen LogP contribution in [0.25, 0.3) is 6.08 Å². The zero-order valence-electron chi connectivity index (χ0n) is 20.7. The quantitative estimate of drug-likeness (QED) is 0.235. The highest BCUT2D eigenvalue weighted by molar-refractivity contribution is 6.30. The highest BCUT2D eigenvalue weighted by Gasteiger charge is 2.46. The summed E-state index contributed by atoms with van der Waals surface area (Å²) in [7, 11) is 0. The third-order valence-corrected chi connectivity index (χ3v) is 7.52. The molecule has 5 rings (SSSR count). The van der Waals surface area contributed by atoms with Gasteiger partial charge in [-0.05, 0) is 71.9 Å². The van der Waals surface area contributed by atoms with Crippen LogP contribution in [-0.2, 0) is 0 Å². The van der Waals surface area contributed by atoms with Gasteiger partial charge in [-0.1, -0.05) is 54.4 Å². The molecular formula is C28H22Cl2N4O5. The van der Waals surface area contributed by atoms with Crippen molar-refractivity contribution >= 4 is 52.3 Å². The summed E-state index contributed by atoms with van der Waals surface area (Å²) in [5.41, 5.74) is 2.02. The summed E-state index contributed by atoms with van der Waals surface area (Å²) in [6, 6.07) is 16.9. The van der Waals surface area contributed by atoms with Gasteiger partial charge in [-0.3, -0.25) is 25.0 Å². The molecule has 0 N–H and O–H groups in total. The van der Waals surface area contributed by atoms with Crippen LogP contribution in [0.2, 0.25) is 10.0 Å². The van der Waals surface area contributed by atoms with Gasteiger partial charge in [0.25, 0.3) is 17.3 Å². The number of hydrogen-bond donors (Lipinski definition) is 0. The summed E-state index contributed by atoms with van der Waals surface area (Å²) < 4.78 is 0. The molecule has 1 aliphatic heterocycles. The van der Waals surface area contributed by atoms with E-state index in [0.29, 0.717) is 10.0 Å². The number of allylic oxidation sites excluding steroid dienone is 1. The Kier molecular flexibility index (Phi) is 7.20. The van der Waals surface area contributed by atoms with Crippen LogP contribution in [0.5, 0.6) is 0 Å². The number of nitrogens with zero attached hydrogens (tertiary/aromatic N) is 4. The second kappa shape index (κ2) is 10.6.